The molecule has 2 N–H and O–H groups in total. The van der Waals surface area contributed by atoms with Gasteiger partial charge in [-0.15, -0.1) is 0 Å². The van der Waals surface area contributed by atoms with E-state index in [2.05, 4.69) is 15.6 Å². The molecule has 1 aliphatic rings. The molecule has 1 aromatic rings. The van der Waals surface area contributed by atoms with Crippen LogP contribution in [-0.2, 0) is 9.47 Å². The average Bonchev–Trinajstić information content (AvgIpc) is 2.63. The molecule has 0 radical (unpaired) electrons. The summed E-state index contributed by atoms with van der Waals surface area (Å²) in [6.45, 7) is 3.46. The summed E-state index contributed by atoms with van der Waals surface area (Å²) in [5.74, 6) is 1.63. The van der Waals surface area contributed by atoms with Crippen LogP contribution in [0.5, 0.6) is 5.75 Å². The first-order chi connectivity index (χ1) is 11.3. The van der Waals surface area contributed by atoms with Crippen LogP contribution in [0.4, 0.5) is 0 Å². The summed E-state index contributed by atoms with van der Waals surface area (Å²) in [4.78, 5) is 4.23. The van der Waals surface area contributed by atoms with Gasteiger partial charge in [0.15, 0.2) is 5.96 Å². The van der Waals surface area contributed by atoms with Crippen molar-refractivity contribution >= 4 is 5.96 Å². The molecule has 0 aromatic heterocycles. The van der Waals surface area contributed by atoms with Gasteiger partial charge in [0.2, 0.25) is 0 Å². The van der Waals surface area contributed by atoms with Gasteiger partial charge in [-0.1, -0.05) is 18.2 Å². The lowest BCUT2D eigenvalue weighted by atomic mass is 9.94. The summed E-state index contributed by atoms with van der Waals surface area (Å²) in [5.41, 5.74) is -0.170. The van der Waals surface area contributed by atoms with Crippen LogP contribution in [-0.4, -0.2) is 58.6 Å². The van der Waals surface area contributed by atoms with Crippen LogP contribution in [0.15, 0.2) is 35.3 Å². The molecule has 1 saturated heterocycles. The van der Waals surface area contributed by atoms with Gasteiger partial charge in [-0.2, -0.15) is 0 Å². The van der Waals surface area contributed by atoms with Gasteiger partial charge in [0.1, 0.15) is 12.4 Å². The molecule has 0 atom stereocenters. The third kappa shape index (κ3) is 5.73. The summed E-state index contributed by atoms with van der Waals surface area (Å²) in [5, 5.41) is 6.58. The zero-order valence-corrected chi connectivity index (χ0v) is 14.0. The van der Waals surface area contributed by atoms with Crippen LogP contribution < -0.4 is 15.4 Å². The second-order valence-corrected chi connectivity index (χ2v) is 5.51. The lowest BCUT2D eigenvalue weighted by molar-refractivity contribution is -0.0855. The second-order valence-electron chi connectivity index (χ2n) is 5.51. The molecule has 1 aromatic carbocycles. The summed E-state index contributed by atoms with van der Waals surface area (Å²) < 4.78 is 16.8. The first-order valence-corrected chi connectivity index (χ1v) is 8.03. The van der Waals surface area contributed by atoms with Crippen molar-refractivity contribution in [3.63, 3.8) is 0 Å². The molecule has 23 heavy (non-hydrogen) atoms. The summed E-state index contributed by atoms with van der Waals surface area (Å²) in [6.07, 6.45) is 1.79. The van der Waals surface area contributed by atoms with Crippen molar-refractivity contribution in [3.8, 4) is 5.75 Å². The van der Waals surface area contributed by atoms with E-state index in [1.165, 1.54) is 0 Å². The number of benzene rings is 1. The lowest BCUT2D eigenvalue weighted by Crippen LogP contribution is -2.51. The zero-order valence-electron chi connectivity index (χ0n) is 14.0. The van der Waals surface area contributed by atoms with Gasteiger partial charge in [0, 0.05) is 46.8 Å². The summed E-state index contributed by atoms with van der Waals surface area (Å²) in [7, 11) is 3.52. The SMILES string of the molecule is CN=C(NCCOc1ccccc1)NCC1(OC)CCOCC1. The van der Waals surface area contributed by atoms with Crippen LogP contribution in [0.3, 0.4) is 0 Å². The normalized spacial score (nSPS) is 17.6. The van der Waals surface area contributed by atoms with Crippen molar-refractivity contribution in [1.29, 1.82) is 0 Å². The van der Waals surface area contributed by atoms with Crippen LogP contribution in [0, 0.1) is 0 Å². The Balaban J connectivity index is 1.68. The molecule has 0 bridgehead atoms. The number of nitrogens with one attached hydrogen (secondary N) is 2. The van der Waals surface area contributed by atoms with Crippen LogP contribution in [0.2, 0.25) is 0 Å². The Morgan fingerprint density at radius 2 is 1.96 bits per heavy atom. The third-order valence-electron chi connectivity index (χ3n) is 4.05. The molecule has 0 unspecified atom stereocenters. The predicted molar refractivity (Wildman–Crippen MR) is 91.1 cm³/mol. The van der Waals surface area contributed by atoms with Gasteiger partial charge in [0.05, 0.1) is 12.1 Å². The van der Waals surface area contributed by atoms with E-state index in [0.717, 1.165) is 37.8 Å². The van der Waals surface area contributed by atoms with Crippen LogP contribution in [0.1, 0.15) is 12.8 Å². The van der Waals surface area contributed by atoms with E-state index in [-0.39, 0.29) is 5.60 Å². The molecule has 2 rings (SSSR count). The number of aliphatic imine (C=N–C) groups is 1. The maximum absolute atomic E-state index is 5.71. The smallest absolute Gasteiger partial charge is 0.191 e. The fraction of sp³-hybridized carbons (Fsp3) is 0.588. The maximum atomic E-state index is 5.71. The van der Waals surface area contributed by atoms with Crippen LogP contribution in [0.25, 0.3) is 0 Å². The predicted octanol–water partition coefficient (Wildman–Crippen LogP) is 1.43. The van der Waals surface area contributed by atoms with Crippen molar-refractivity contribution in [2.24, 2.45) is 4.99 Å². The summed E-state index contributed by atoms with van der Waals surface area (Å²) in [6, 6.07) is 9.78. The highest BCUT2D eigenvalue weighted by Gasteiger charge is 2.32. The first-order valence-electron chi connectivity index (χ1n) is 8.03. The molecular formula is C17H27N3O3. The van der Waals surface area contributed by atoms with Gasteiger partial charge < -0.3 is 24.8 Å². The van der Waals surface area contributed by atoms with E-state index in [9.17, 15) is 0 Å². The van der Waals surface area contributed by atoms with Crippen molar-refractivity contribution in [1.82, 2.24) is 10.6 Å². The highest BCUT2D eigenvalue weighted by molar-refractivity contribution is 5.79. The van der Waals surface area contributed by atoms with E-state index in [0.29, 0.717) is 19.7 Å². The molecule has 1 aliphatic heterocycles. The largest absolute Gasteiger partial charge is 0.492 e. The topological polar surface area (TPSA) is 64.1 Å². The summed E-state index contributed by atoms with van der Waals surface area (Å²) >= 11 is 0. The van der Waals surface area contributed by atoms with Crippen LogP contribution >= 0.6 is 0 Å². The molecule has 0 saturated carbocycles. The highest BCUT2D eigenvalue weighted by atomic mass is 16.5. The molecule has 0 amide bonds. The van der Waals surface area contributed by atoms with Gasteiger partial charge in [-0.05, 0) is 12.1 Å². The Morgan fingerprint density at radius 1 is 1.22 bits per heavy atom. The Labute approximate surface area is 138 Å². The quantitative estimate of drug-likeness (QED) is 0.452. The second kappa shape index (κ2) is 9.37. The fourth-order valence-corrected chi connectivity index (χ4v) is 2.52. The number of hydrogen-bond acceptors (Lipinski definition) is 4. The number of nitrogens with zero attached hydrogens (tertiary/aromatic N) is 1. The van der Waals surface area contributed by atoms with E-state index >= 15 is 0 Å². The number of rotatable bonds is 7. The Kier molecular flexibility index (Phi) is 7.16. The van der Waals surface area contributed by atoms with Crippen molar-refractivity contribution in [2.75, 3.05) is 47.1 Å². The maximum Gasteiger partial charge on any atom is 0.191 e. The minimum Gasteiger partial charge on any atom is -0.492 e. The van der Waals surface area contributed by atoms with Gasteiger partial charge in [-0.3, -0.25) is 4.99 Å². The third-order valence-corrected chi connectivity index (χ3v) is 4.05. The minimum atomic E-state index is -0.170. The molecular weight excluding hydrogens is 294 g/mol. The zero-order chi connectivity index (χ0) is 16.4. The fourth-order valence-electron chi connectivity index (χ4n) is 2.52. The van der Waals surface area contributed by atoms with E-state index < -0.39 is 0 Å². The number of guanidine groups is 1. The Bertz CT molecular complexity index is 473. The monoisotopic (exact) mass is 321 g/mol. The van der Waals surface area contributed by atoms with E-state index in [1.807, 2.05) is 30.3 Å². The van der Waals surface area contributed by atoms with Crippen molar-refractivity contribution < 1.29 is 14.2 Å². The van der Waals surface area contributed by atoms with Crippen molar-refractivity contribution in [3.05, 3.63) is 30.3 Å². The average molecular weight is 321 g/mol. The molecule has 6 heteroatoms. The number of para-hydroxylation sites is 1. The first kappa shape index (κ1) is 17.6. The lowest BCUT2D eigenvalue weighted by Gasteiger charge is -2.36. The number of methoxy groups -OCH3 is 1. The molecule has 1 fully saturated rings. The van der Waals surface area contributed by atoms with E-state index in [4.69, 9.17) is 14.2 Å². The Hall–Kier alpha value is -1.79. The molecule has 6 nitrogen and oxygen atoms in total. The minimum absolute atomic E-state index is 0.170. The number of ether oxygens (including phenoxy) is 3. The van der Waals surface area contributed by atoms with Crippen molar-refractivity contribution in [2.45, 2.75) is 18.4 Å². The van der Waals surface area contributed by atoms with Gasteiger partial charge >= 0.3 is 0 Å². The molecule has 0 aliphatic carbocycles. The van der Waals surface area contributed by atoms with E-state index in [1.54, 1.807) is 14.2 Å². The molecule has 0 spiro atoms. The molecule has 1 heterocycles. The standard InChI is InChI=1S/C17H27N3O3/c1-18-16(19-10-13-23-15-6-4-3-5-7-15)20-14-17(21-2)8-11-22-12-9-17/h3-7H,8-14H2,1-2H3,(H2,18,19,20). The Morgan fingerprint density at radius 3 is 2.61 bits per heavy atom. The molecule has 128 valence electrons. The van der Waals surface area contributed by atoms with Gasteiger partial charge in [-0.25, -0.2) is 0 Å². The van der Waals surface area contributed by atoms with Gasteiger partial charge in [0.25, 0.3) is 0 Å². The number of hydrogen-bond donors (Lipinski definition) is 2. The highest BCUT2D eigenvalue weighted by Crippen LogP contribution is 2.23.